The van der Waals surface area contributed by atoms with Crippen molar-refractivity contribution < 1.29 is 4.92 Å². The molecule has 0 aliphatic heterocycles. The van der Waals surface area contributed by atoms with E-state index in [4.69, 9.17) is 0 Å². The third-order valence-corrected chi connectivity index (χ3v) is 2.90. The van der Waals surface area contributed by atoms with Crippen LogP contribution >= 0.6 is 0 Å². The Kier molecular flexibility index (Phi) is 4.25. The average Bonchev–Trinajstić information content (AvgIpc) is 2.81. The van der Waals surface area contributed by atoms with Gasteiger partial charge in [0.15, 0.2) is 0 Å². The van der Waals surface area contributed by atoms with Crippen molar-refractivity contribution in [3.05, 3.63) is 58.2 Å². The van der Waals surface area contributed by atoms with Gasteiger partial charge in [0.05, 0.1) is 4.92 Å². The molecule has 0 amide bonds. The van der Waals surface area contributed by atoms with Crippen LogP contribution in [-0.4, -0.2) is 21.0 Å². The average molecular weight is 260 g/mol. The van der Waals surface area contributed by atoms with Crippen LogP contribution in [0, 0.1) is 10.1 Å². The molecule has 6 heteroatoms. The molecule has 0 spiro atoms. The highest BCUT2D eigenvalue weighted by Gasteiger charge is 2.05. The first-order valence-electron chi connectivity index (χ1n) is 6.07. The van der Waals surface area contributed by atoms with Crippen molar-refractivity contribution in [1.29, 1.82) is 0 Å². The van der Waals surface area contributed by atoms with Gasteiger partial charge in [-0.2, -0.15) is 0 Å². The van der Waals surface area contributed by atoms with Gasteiger partial charge in [-0.25, -0.2) is 4.98 Å². The maximum absolute atomic E-state index is 10.7. The normalized spacial score (nSPS) is 10.6. The molecule has 100 valence electrons. The van der Waals surface area contributed by atoms with E-state index in [1.165, 1.54) is 6.07 Å². The molecule has 2 rings (SSSR count). The lowest BCUT2D eigenvalue weighted by atomic mass is 10.2. The number of nitrogens with one attached hydrogen (secondary N) is 1. The maximum atomic E-state index is 10.7. The van der Waals surface area contributed by atoms with E-state index >= 15 is 0 Å². The van der Waals surface area contributed by atoms with Crippen molar-refractivity contribution in [2.75, 3.05) is 6.54 Å². The molecule has 0 aliphatic carbocycles. The van der Waals surface area contributed by atoms with E-state index < -0.39 is 0 Å². The van der Waals surface area contributed by atoms with Crippen molar-refractivity contribution in [1.82, 2.24) is 14.9 Å². The summed E-state index contributed by atoms with van der Waals surface area (Å²) in [7, 11) is 1.96. The zero-order valence-electron chi connectivity index (χ0n) is 10.7. The Morgan fingerprint density at radius 3 is 3.00 bits per heavy atom. The summed E-state index contributed by atoms with van der Waals surface area (Å²) in [5.74, 6) is 1.02. The van der Waals surface area contributed by atoms with E-state index in [1.807, 2.05) is 23.9 Å². The SMILES string of the molecule is Cn1ccnc1CCNCc1cccc([N+](=O)[O-])c1. The van der Waals surface area contributed by atoms with Crippen molar-refractivity contribution in [3.63, 3.8) is 0 Å². The van der Waals surface area contributed by atoms with Crippen molar-refractivity contribution in [3.8, 4) is 0 Å². The van der Waals surface area contributed by atoms with E-state index in [9.17, 15) is 10.1 Å². The number of aromatic nitrogens is 2. The summed E-state index contributed by atoms with van der Waals surface area (Å²) in [5.41, 5.74) is 1.04. The van der Waals surface area contributed by atoms with Gasteiger partial charge in [0.25, 0.3) is 5.69 Å². The summed E-state index contributed by atoms with van der Waals surface area (Å²) in [6.45, 7) is 1.40. The van der Waals surface area contributed by atoms with Gasteiger partial charge < -0.3 is 9.88 Å². The Balaban J connectivity index is 1.81. The second kappa shape index (κ2) is 6.10. The molecule has 1 heterocycles. The van der Waals surface area contributed by atoms with Crippen LogP contribution in [0.2, 0.25) is 0 Å². The summed E-state index contributed by atoms with van der Waals surface area (Å²) in [5, 5.41) is 13.9. The quantitative estimate of drug-likeness (QED) is 0.487. The highest BCUT2D eigenvalue weighted by Crippen LogP contribution is 2.12. The Bertz CT molecular complexity index is 565. The lowest BCUT2D eigenvalue weighted by Gasteiger charge is -2.05. The Morgan fingerprint density at radius 1 is 1.47 bits per heavy atom. The minimum absolute atomic E-state index is 0.128. The second-order valence-corrected chi connectivity index (χ2v) is 4.31. The number of imidazole rings is 1. The Labute approximate surface area is 111 Å². The lowest BCUT2D eigenvalue weighted by molar-refractivity contribution is -0.384. The van der Waals surface area contributed by atoms with Gasteiger partial charge in [-0.3, -0.25) is 10.1 Å². The van der Waals surface area contributed by atoms with Gasteiger partial charge in [0.1, 0.15) is 5.82 Å². The van der Waals surface area contributed by atoms with E-state index in [1.54, 1.807) is 18.3 Å². The molecule has 6 nitrogen and oxygen atoms in total. The van der Waals surface area contributed by atoms with Gasteiger partial charge >= 0.3 is 0 Å². The fourth-order valence-corrected chi connectivity index (χ4v) is 1.85. The number of rotatable bonds is 6. The third-order valence-electron chi connectivity index (χ3n) is 2.90. The smallest absolute Gasteiger partial charge is 0.269 e. The molecule has 0 bridgehead atoms. The molecule has 0 radical (unpaired) electrons. The molecule has 1 N–H and O–H groups in total. The summed E-state index contributed by atoms with van der Waals surface area (Å²) in [6, 6.07) is 6.67. The molecule has 0 aliphatic rings. The van der Waals surface area contributed by atoms with Gasteiger partial charge in [-0.05, 0) is 5.56 Å². The first-order valence-corrected chi connectivity index (χ1v) is 6.07. The zero-order valence-corrected chi connectivity index (χ0v) is 10.7. The fourth-order valence-electron chi connectivity index (χ4n) is 1.85. The van der Waals surface area contributed by atoms with Gasteiger partial charge in [-0.1, -0.05) is 12.1 Å². The van der Waals surface area contributed by atoms with Crippen LogP contribution in [0.1, 0.15) is 11.4 Å². The molecule has 0 fully saturated rings. The standard InChI is InChI=1S/C13H16N4O2/c1-16-8-7-15-13(16)5-6-14-10-11-3-2-4-12(9-11)17(18)19/h2-4,7-9,14H,5-6,10H2,1H3. The number of nitro benzene ring substituents is 1. The first kappa shape index (κ1) is 13.2. The summed E-state index contributed by atoms with van der Waals surface area (Å²) >= 11 is 0. The van der Waals surface area contributed by atoms with E-state index in [0.29, 0.717) is 6.54 Å². The second-order valence-electron chi connectivity index (χ2n) is 4.31. The van der Waals surface area contributed by atoms with Crippen LogP contribution in [0.3, 0.4) is 0 Å². The molecule has 0 saturated heterocycles. The molecule has 0 atom stereocenters. The monoisotopic (exact) mass is 260 g/mol. The largest absolute Gasteiger partial charge is 0.338 e. The Hall–Kier alpha value is -2.21. The maximum Gasteiger partial charge on any atom is 0.269 e. The Morgan fingerprint density at radius 2 is 2.32 bits per heavy atom. The lowest BCUT2D eigenvalue weighted by Crippen LogP contribution is -2.18. The third kappa shape index (κ3) is 3.62. The van der Waals surface area contributed by atoms with Crippen molar-refractivity contribution in [2.45, 2.75) is 13.0 Å². The van der Waals surface area contributed by atoms with Crippen molar-refractivity contribution in [2.24, 2.45) is 7.05 Å². The molecule has 1 aromatic heterocycles. The topological polar surface area (TPSA) is 73.0 Å². The molecule has 19 heavy (non-hydrogen) atoms. The summed E-state index contributed by atoms with van der Waals surface area (Å²) < 4.78 is 1.98. The predicted octanol–water partition coefficient (Wildman–Crippen LogP) is 1.66. The summed E-state index contributed by atoms with van der Waals surface area (Å²) in [4.78, 5) is 14.5. The minimum atomic E-state index is -0.378. The number of nitro groups is 1. The molecule has 0 unspecified atom stereocenters. The highest BCUT2D eigenvalue weighted by molar-refractivity contribution is 5.34. The number of nitrogens with zero attached hydrogens (tertiary/aromatic N) is 3. The number of non-ortho nitro benzene ring substituents is 1. The number of hydrogen-bond donors (Lipinski definition) is 1. The van der Waals surface area contributed by atoms with Crippen LogP contribution in [0.25, 0.3) is 0 Å². The van der Waals surface area contributed by atoms with Gasteiger partial charge in [-0.15, -0.1) is 0 Å². The predicted molar refractivity (Wildman–Crippen MR) is 71.7 cm³/mol. The minimum Gasteiger partial charge on any atom is -0.338 e. The molecule has 1 aromatic carbocycles. The van der Waals surface area contributed by atoms with Crippen LogP contribution in [-0.2, 0) is 20.0 Å². The summed E-state index contributed by atoms with van der Waals surface area (Å²) in [6.07, 6.45) is 4.52. The number of aryl methyl sites for hydroxylation is 1. The van der Waals surface area contributed by atoms with E-state index in [2.05, 4.69) is 10.3 Å². The molecular formula is C13H16N4O2. The zero-order chi connectivity index (χ0) is 13.7. The van der Waals surface area contributed by atoms with Crippen LogP contribution in [0.15, 0.2) is 36.7 Å². The molecular weight excluding hydrogens is 244 g/mol. The van der Waals surface area contributed by atoms with Gasteiger partial charge in [0.2, 0.25) is 0 Å². The number of hydrogen-bond acceptors (Lipinski definition) is 4. The molecule has 2 aromatic rings. The number of benzene rings is 1. The molecule has 0 saturated carbocycles. The van der Waals surface area contributed by atoms with Crippen molar-refractivity contribution >= 4 is 5.69 Å². The highest BCUT2D eigenvalue weighted by atomic mass is 16.6. The van der Waals surface area contributed by atoms with E-state index in [-0.39, 0.29) is 10.6 Å². The van der Waals surface area contributed by atoms with E-state index in [0.717, 1.165) is 24.4 Å². The van der Waals surface area contributed by atoms with Crippen LogP contribution in [0.5, 0.6) is 0 Å². The van der Waals surface area contributed by atoms with Crippen LogP contribution in [0.4, 0.5) is 5.69 Å². The van der Waals surface area contributed by atoms with Gasteiger partial charge in [0, 0.05) is 51.1 Å². The van der Waals surface area contributed by atoms with Crippen LogP contribution < -0.4 is 5.32 Å². The first-order chi connectivity index (χ1) is 9.16. The fraction of sp³-hybridized carbons (Fsp3) is 0.308.